The van der Waals surface area contributed by atoms with E-state index >= 15 is 0 Å². The molecule has 3 heterocycles. The van der Waals surface area contributed by atoms with E-state index < -0.39 is 45.8 Å². The van der Waals surface area contributed by atoms with E-state index in [1.807, 2.05) is 57.2 Å². The van der Waals surface area contributed by atoms with E-state index in [0.717, 1.165) is 42.3 Å². The molecule has 6 rings (SSSR count). The summed E-state index contributed by atoms with van der Waals surface area (Å²) in [6.07, 6.45) is -2.74. The van der Waals surface area contributed by atoms with Crippen LogP contribution in [0.2, 0.25) is 0 Å². The summed E-state index contributed by atoms with van der Waals surface area (Å²) in [5, 5.41) is 0. The van der Waals surface area contributed by atoms with Gasteiger partial charge < -0.3 is 37.9 Å². The van der Waals surface area contributed by atoms with Crippen molar-refractivity contribution in [3.05, 3.63) is 140 Å². The third-order valence-corrected chi connectivity index (χ3v) is 12.0. The average molecular weight is 1070 g/mol. The number of anilines is 1. The van der Waals surface area contributed by atoms with Crippen LogP contribution in [0.3, 0.4) is 0 Å². The van der Waals surface area contributed by atoms with E-state index in [1.54, 1.807) is 45.1 Å². The summed E-state index contributed by atoms with van der Waals surface area (Å²) in [5.41, 5.74) is 0.669. The molecular formula is C51H60Cl3F3N4O11. The van der Waals surface area contributed by atoms with Gasteiger partial charge in [-0.2, -0.15) is 13.2 Å². The Kier molecular flexibility index (Phi) is 21.4. The summed E-state index contributed by atoms with van der Waals surface area (Å²) < 4.78 is 72.7. The lowest BCUT2D eigenvalue weighted by Crippen LogP contribution is -2.45. The van der Waals surface area contributed by atoms with Crippen molar-refractivity contribution < 1.29 is 55.7 Å². The maximum Gasteiger partial charge on any atom is 0.431 e. The minimum absolute atomic E-state index is 0.0223. The molecule has 21 heteroatoms. The highest BCUT2D eigenvalue weighted by Crippen LogP contribution is 2.37. The lowest BCUT2D eigenvalue weighted by Gasteiger charge is -2.31. The second kappa shape index (κ2) is 26.2. The maximum atomic E-state index is 13.1. The van der Waals surface area contributed by atoms with Gasteiger partial charge in [0.1, 0.15) is 47.3 Å². The molecule has 1 saturated heterocycles. The summed E-state index contributed by atoms with van der Waals surface area (Å²) in [6, 6.07) is 21.3. The number of aryl methyl sites for hydroxylation is 3. The van der Waals surface area contributed by atoms with Crippen molar-refractivity contribution in [3.8, 4) is 17.2 Å². The van der Waals surface area contributed by atoms with Crippen LogP contribution in [0.1, 0.15) is 81.4 Å². The Morgan fingerprint density at radius 1 is 0.931 bits per heavy atom. The van der Waals surface area contributed by atoms with Crippen LogP contribution in [-0.2, 0) is 61.3 Å². The molecular weight excluding hydrogens is 1010 g/mol. The van der Waals surface area contributed by atoms with Crippen LogP contribution in [-0.4, -0.2) is 87.8 Å². The Hall–Kier alpha value is -5.79. The molecule has 72 heavy (non-hydrogen) atoms. The van der Waals surface area contributed by atoms with E-state index in [2.05, 4.69) is 13.0 Å². The molecule has 0 bridgehead atoms. The van der Waals surface area contributed by atoms with Gasteiger partial charge in [-0.05, 0) is 107 Å². The molecule has 3 atom stereocenters. The quantitative estimate of drug-likeness (QED) is 0.0684. The summed E-state index contributed by atoms with van der Waals surface area (Å²) in [5.74, 6) is 0.539. The first-order valence-corrected chi connectivity index (χ1v) is 24.1. The van der Waals surface area contributed by atoms with Gasteiger partial charge in [-0.3, -0.25) is 19.0 Å². The third-order valence-electron chi connectivity index (χ3n) is 11.4. The van der Waals surface area contributed by atoms with Crippen LogP contribution in [0.15, 0.2) is 99.1 Å². The lowest BCUT2D eigenvalue weighted by atomic mass is 10.0. The highest BCUT2D eigenvalue weighted by Gasteiger charge is 2.45. The SMILES string of the molecule is CC1(C)OC(c2ccco2)CN1C(=O)C(Cl)Cl.CCc1ccc(COc2ccc(-n3c(=O)cc(C(F)(F)F)n(C)c3=O)cc2)c(OC(C)C(=O)OC)c1.CCc1cccc(C)c1N(C(=O)CCl)C(C)COC. The minimum atomic E-state index is -4.84. The molecule has 0 saturated carbocycles. The van der Waals surface area contributed by atoms with Crippen LogP contribution in [0.25, 0.3) is 5.69 Å². The van der Waals surface area contributed by atoms with Gasteiger partial charge in [0.2, 0.25) is 5.91 Å². The Labute approximate surface area is 431 Å². The number of nitrogens with zero attached hydrogens (tertiary/aromatic N) is 4. The van der Waals surface area contributed by atoms with Crippen molar-refractivity contribution in [1.29, 1.82) is 0 Å². The van der Waals surface area contributed by atoms with Gasteiger partial charge in [0.05, 0.1) is 43.9 Å². The second-order valence-corrected chi connectivity index (χ2v) is 18.2. The van der Waals surface area contributed by atoms with E-state index in [1.165, 1.54) is 36.3 Å². The zero-order valence-electron chi connectivity index (χ0n) is 41.7. The van der Waals surface area contributed by atoms with Crippen molar-refractivity contribution in [3.63, 3.8) is 0 Å². The topological polar surface area (TPSA) is 161 Å². The van der Waals surface area contributed by atoms with Crippen LogP contribution in [0.4, 0.5) is 18.9 Å². The van der Waals surface area contributed by atoms with E-state index in [9.17, 15) is 37.1 Å². The molecule has 3 unspecified atom stereocenters. The average Bonchev–Trinajstić information content (AvgIpc) is 4.00. The summed E-state index contributed by atoms with van der Waals surface area (Å²) >= 11 is 17.0. The van der Waals surface area contributed by atoms with E-state index in [0.29, 0.717) is 51.2 Å². The first-order chi connectivity index (χ1) is 33.9. The Balaban J connectivity index is 0.000000261. The Morgan fingerprint density at radius 3 is 2.17 bits per heavy atom. The molecule has 15 nitrogen and oxygen atoms in total. The zero-order chi connectivity index (χ0) is 53.7. The summed E-state index contributed by atoms with van der Waals surface area (Å²) in [7, 11) is 3.86. The lowest BCUT2D eigenvalue weighted by molar-refractivity contribution is -0.148. The highest BCUT2D eigenvalue weighted by atomic mass is 35.5. The molecule has 2 aromatic heterocycles. The first-order valence-electron chi connectivity index (χ1n) is 22.7. The van der Waals surface area contributed by atoms with Crippen LogP contribution < -0.4 is 25.6 Å². The second-order valence-electron chi connectivity index (χ2n) is 16.9. The van der Waals surface area contributed by atoms with Crippen LogP contribution in [0, 0.1) is 6.92 Å². The number of furan rings is 1. The van der Waals surface area contributed by atoms with Gasteiger partial charge in [0, 0.05) is 25.8 Å². The summed E-state index contributed by atoms with van der Waals surface area (Å²) in [6.45, 7) is 14.2. The maximum absolute atomic E-state index is 13.1. The minimum Gasteiger partial charge on any atom is -0.489 e. The number of ether oxygens (including phenoxy) is 5. The molecule has 0 spiro atoms. The molecule has 0 radical (unpaired) electrons. The number of hydrogen-bond donors (Lipinski definition) is 0. The normalized spacial score (nSPS) is 14.8. The zero-order valence-corrected chi connectivity index (χ0v) is 44.0. The van der Waals surface area contributed by atoms with Gasteiger partial charge in [-0.15, -0.1) is 11.6 Å². The fourth-order valence-electron chi connectivity index (χ4n) is 7.69. The number of aromatic nitrogens is 2. The largest absolute Gasteiger partial charge is 0.489 e. The van der Waals surface area contributed by atoms with Gasteiger partial charge in [-0.25, -0.2) is 14.2 Å². The predicted octanol–water partition coefficient (Wildman–Crippen LogP) is 9.52. The molecule has 5 aromatic rings. The van der Waals surface area contributed by atoms with Crippen molar-refractivity contribution in [1.82, 2.24) is 14.0 Å². The number of esters is 1. The van der Waals surface area contributed by atoms with Gasteiger partial charge in [0.25, 0.3) is 11.5 Å². The fraction of sp³-hybridized carbons (Fsp3) is 0.431. The van der Waals surface area contributed by atoms with Crippen molar-refractivity contribution >= 4 is 58.3 Å². The molecule has 0 aliphatic carbocycles. The first kappa shape index (κ1) is 58.8. The monoisotopic (exact) mass is 1070 g/mol. The van der Waals surface area contributed by atoms with Crippen LogP contribution in [0.5, 0.6) is 11.5 Å². The standard InChI is InChI=1S/C25H25F3N2O6.C15H22ClNO2.C11H13Cl2NO3/c1-5-16-6-7-17(20(12-16)36-15(2)23(32)34-4)14-35-19-10-8-18(9-11-19)30-22(31)13-21(25(26,27)28)29(3)24(30)33;1-5-13-8-6-7-11(2)15(13)17(14(18)9-16)12(3)10-19-4;1-11(2)14(10(15)9(12)13)6-8(17-11)7-4-3-5-16-7/h6-13,15H,5,14H2,1-4H3;6-8,12H,5,9-10H2,1-4H3;3-5,8-9H,6H2,1-2H3. The molecule has 392 valence electrons. The number of alkyl halides is 6. The molecule has 1 aliphatic rings. The smallest absolute Gasteiger partial charge is 0.431 e. The number of rotatable bonds is 16. The fourth-order valence-corrected chi connectivity index (χ4v) is 8.06. The number of para-hydroxylation sites is 1. The van der Waals surface area contributed by atoms with Gasteiger partial charge >= 0.3 is 17.8 Å². The van der Waals surface area contributed by atoms with E-state index in [-0.39, 0.29) is 42.1 Å². The molecule has 1 aliphatic heterocycles. The molecule has 3 aromatic carbocycles. The highest BCUT2D eigenvalue weighted by molar-refractivity contribution is 6.53. The van der Waals surface area contributed by atoms with Crippen molar-refractivity contribution in [2.24, 2.45) is 7.05 Å². The number of benzene rings is 3. The van der Waals surface area contributed by atoms with Crippen molar-refractivity contribution in [2.45, 2.75) is 103 Å². The number of hydrogen-bond acceptors (Lipinski definition) is 11. The van der Waals surface area contributed by atoms with Gasteiger partial charge in [0.15, 0.2) is 10.9 Å². The molecule has 2 amide bonds. The van der Waals surface area contributed by atoms with Crippen LogP contribution >= 0.6 is 34.8 Å². The van der Waals surface area contributed by atoms with Crippen molar-refractivity contribution in [2.75, 3.05) is 38.2 Å². The Bertz CT molecular complexity index is 2730. The summed E-state index contributed by atoms with van der Waals surface area (Å²) in [4.78, 5) is 62.7. The van der Waals surface area contributed by atoms with E-state index in [4.69, 9.17) is 62.9 Å². The number of carbonyl (C=O) groups is 3. The number of halogens is 6. The molecule has 1 fully saturated rings. The number of amides is 2. The third kappa shape index (κ3) is 14.9. The molecule has 0 N–H and O–H groups in total. The number of methoxy groups -OCH3 is 2. The predicted molar refractivity (Wildman–Crippen MR) is 268 cm³/mol. The van der Waals surface area contributed by atoms with Gasteiger partial charge in [-0.1, -0.05) is 67.4 Å². The number of carbonyl (C=O) groups excluding carboxylic acids is 3. The Morgan fingerprint density at radius 2 is 1.61 bits per heavy atom.